The summed E-state index contributed by atoms with van der Waals surface area (Å²) >= 11 is 0. The molecule has 0 aromatic heterocycles. The van der Waals surface area contributed by atoms with Crippen LogP contribution in [0.2, 0.25) is 0 Å². The molecular formula is C7H17NO7P2. The highest BCUT2D eigenvalue weighted by Crippen LogP contribution is 2.58. The Labute approximate surface area is 98.7 Å². The highest BCUT2D eigenvalue weighted by molar-refractivity contribution is 7.70. The fourth-order valence-corrected chi connectivity index (χ4v) is 3.89. The van der Waals surface area contributed by atoms with E-state index in [2.05, 4.69) is 5.32 Å². The van der Waals surface area contributed by atoms with E-state index in [9.17, 15) is 9.13 Å². The highest BCUT2D eigenvalue weighted by Gasteiger charge is 2.43. The Bertz CT molecular complexity index is 309. The predicted octanol–water partition coefficient (Wildman–Crippen LogP) is -0.216. The van der Waals surface area contributed by atoms with Crippen LogP contribution in [-0.2, 0) is 13.9 Å². The van der Waals surface area contributed by atoms with Crippen LogP contribution in [0.4, 0.5) is 0 Å². The number of nitrogens with one attached hydrogen (secondary N) is 1. The molecule has 17 heavy (non-hydrogen) atoms. The maximum Gasteiger partial charge on any atom is 0.354 e. The molecule has 0 saturated carbocycles. The van der Waals surface area contributed by atoms with Gasteiger partial charge in [-0.3, -0.25) is 14.4 Å². The van der Waals surface area contributed by atoms with E-state index in [0.717, 1.165) is 12.8 Å². The molecule has 0 aromatic rings. The molecule has 102 valence electrons. The van der Waals surface area contributed by atoms with Gasteiger partial charge in [0.1, 0.15) is 0 Å². The molecule has 0 amide bonds. The number of hydrogen-bond acceptors (Lipinski definition) is 4. The van der Waals surface area contributed by atoms with Gasteiger partial charge in [-0.1, -0.05) is 0 Å². The topological polar surface area (TPSA) is 136 Å². The lowest BCUT2D eigenvalue weighted by Gasteiger charge is -2.26. The van der Waals surface area contributed by atoms with Crippen molar-refractivity contribution >= 4 is 15.2 Å². The van der Waals surface area contributed by atoms with Crippen LogP contribution in [0.15, 0.2) is 0 Å². The molecule has 1 heterocycles. The normalized spacial score (nSPS) is 23.0. The predicted molar refractivity (Wildman–Crippen MR) is 59.5 cm³/mol. The largest absolute Gasteiger partial charge is 0.377 e. The van der Waals surface area contributed by atoms with Crippen molar-refractivity contribution in [3.8, 4) is 0 Å². The van der Waals surface area contributed by atoms with Crippen molar-refractivity contribution in [2.24, 2.45) is 0 Å². The van der Waals surface area contributed by atoms with Crippen LogP contribution in [0.1, 0.15) is 19.3 Å². The van der Waals surface area contributed by atoms with Crippen molar-refractivity contribution in [3.05, 3.63) is 0 Å². The lowest BCUT2D eigenvalue weighted by molar-refractivity contribution is 0.0169. The highest BCUT2D eigenvalue weighted by atomic mass is 31.2. The molecule has 1 fully saturated rings. The van der Waals surface area contributed by atoms with Crippen molar-refractivity contribution in [3.63, 3.8) is 0 Å². The molecule has 0 spiro atoms. The number of rotatable bonds is 5. The van der Waals surface area contributed by atoms with Crippen LogP contribution in [0.5, 0.6) is 0 Å². The monoisotopic (exact) mass is 289 g/mol. The van der Waals surface area contributed by atoms with Crippen molar-refractivity contribution in [1.82, 2.24) is 5.32 Å². The van der Waals surface area contributed by atoms with Gasteiger partial charge in [-0.25, -0.2) is 0 Å². The van der Waals surface area contributed by atoms with Crippen LogP contribution < -0.4 is 5.32 Å². The summed E-state index contributed by atoms with van der Waals surface area (Å²) in [6.45, 7) is 0.573. The minimum Gasteiger partial charge on any atom is -0.377 e. The summed E-state index contributed by atoms with van der Waals surface area (Å²) in [5, 5.41) is 2.22. The quantitative estimate of drug-likeness (QED) is 0.438. The molecule has 1 aliphatic heterocycles. The summed E-state index contributed by atoms with van der Waals surface area (Å²) in [6, 6.07) is 0. The van der Waals surface area contributed by atoms with Gasteiger partial charge in [0.05, 0.1) is 6.10 Å². The third kappa shape index (κ3) is 5.16. The van der Waals surface area contributed by atoms with E-state index >= 15 is 0 Å². The summed E-state index contributed by atoms with van der Waals surface area (Å²) in [5.41, 5.74) is -2.15. The van der Waals surface area contributed by atoms with Gasteiger partial charge in [0.2, 0.25) is 5.52 Å². The Balaban J connectivity index is 2.56. The van der Waals surface area contributed by atoms with Crippen molar-refractivity contribution in [2.45, 2.75) is 30.9 Å². The van der Waals surface area contributed by atoms with Crippen LogP contribution in [0, 0.1) is 0 Å². The summed E-state index contributed by atoms with van der Waals surface area (Å²) in [4.78, 5) is 35.4. The van der Waals surface area contributed by atoms with E-state index in [1.807, 2.05) is 0 Å². The van der Waals surface area contributed by atoms with Gasteiger partial charge in [-0.2, -0.15) is 0 Å². The molecule has 0 radical (unpaired) electrons. The molecule has 1 atom stereocenters. The second-order valence-electron chi connectivity index (χ2n) is 3.95. The van der Waals surface area contributed by atoms with Gasteiger partial charge in [-0.05, 0) is 19.3 Å². The Morgan fingerprint density at radius 1 is 1.18 bits per heavy atom. The molecule has 5 N–H and O–H groups in total. The second-order valence-corrected chi connectivity index (χ2v) is 7.75. The maximum atomic E-state index is 10.9. The molecule has 10 heteroatoms. The Morgan fingerprint density at radius 2 is 1.76 bits per heavy atom. The zero-order valence-corrected chi connectivity index (χ0v) is 10.9. The third-order valence-electron chi connectivity index (χ3n) is 2.44. The van der Waals surface area contributed by atoms with E-state index in [-0.39, 0.29) is 12.6 Å². The van der Waals surface area contributed by atoms with Crippen LogP contribution in [0.3, 0.4) is 0 Å². The SMILES string of the molecule is O=P(O)(O)C(NCC1CCCCO1)P(=O)(O)O. The van der Waals surface area contributed by atoms with Crippen LogP contribution in [0.25, 0.3) is 0 Å². The molecule has 1 saturated heterocycles. The first kappa shape index (κ1) is 15.3. The summed E-state index contributed by atoms with van der Waals surface area (Å²) in [7, 11) is -9.79. The Kier molecular flexibility index (Phi) is 5.31. The molecule has 1 rings (SSSR count). The van der Waals surface area contributed by atoms with Crippen molar-refractivity contribution < 1.29 is 33.4 Å². The van der Waals surface area contributed by atoms with E-state index in [4.69, 9.17) is 24.3 Å². The summed E-state index contributed by atoms with van der Waals surface area (Å²) in [6.07, 6.45) is 2.31. The fraction of sp³-hybridized carbons (Fsp3) is 1.00. The molecular weight excluding hydrogens is 272 g/mol. The standard InChI is InChI=1S/C7H17NO7P2/c9-16(10,11)7(17(12,13)14)8-5-6-3-1-2-4-15-6/h6-8H,1-5H2,(H2,9,10,11)(H2,12,13,14). The van der Waals surface area contributed by atoms with Gasteiger partial charge in [0.25, 0.3) is 0 Å². The Morgan fingerprint density at radius 3 is 2.18 bits per heavy atom. The second kappa shape index (κ2) is 5.91. The molecule has 8 nitrogen and oxygen atoms in total. The third-order valence-corrected chi connectivity index (χ3v) is 5.88. The summed E-state index contributed by atoms with van der Waals surface area (Å²) < 4.78 is 27.2. The summed E-state index contributed by atoms with van der Waals surface area (Å²) in [5.74, 6) is 0. The van der Waals surface area contributed by atoms with Crippen LogP contribution in [-0.4, -0.2) is 44.4 Å². The zero-order valence-electron chi connectivity index (χ0n) is 9.10. The van der Waals surface area contributed by atoms with Gasteiger partial charge in [-0.15, -0.1) is 0 Å². The molecule has 0 aromatic carbocycles. The first-order valence-corrected chi connectivity index (χ1v) is 8.53. The molecule has 0 aliphatic carbocycles. The van der Waals surface area contributed by atoms with E-state index in [1.165, 1.54) is 0 Å². The average molecular weight is 289 g/mol. The molecule has 1 aliphatic rings. The van der Waals surface area contributed by atoms with Gasteiger partial charge in [0, 0.05) is 13.2 Å². The van der Waals surface area contributed by atoms with Crippen LogP contribution >= 0.6 is 15.2 Å². The lowest BCUT2D eigenvalue weighted by atomic mass is 10.1. The smallest absolute Gasteiger partial charge is 0.354 e. The average Bonchev–Trinajstić information content (AvgIpc) is 2.15. The first-order valence-electron chi connectivity index (χ1n) is 5.16. The van der Waals surface area contributed by atoms with E-state index < -0.39 is 20.7 Å². The van der Waals surface area contributed by atoms with Gasteiger partial charge in [0.15, 0.2) is 0 Å². The lowest BCUT2D eigenvalue weighted by Crippen LogP contribution is -2.37. The van der Waals surface area contributed by atoms with Crippen molar-refractivity contribution in [2.75, 3.05) is 13.2 Å². The minimum atomic E-state index is -4.89. The van der Waals surface area contributed by atoms with Gasteiger partial charge < -0.3 is 24.3 Å². The minimum absolute atomic E-state index is 0.0148. The zero-order chi connectivity index (χ0) is 13.1. The fourth-order valence-electron chi connectivity index (χ4n) is 1.64. The van der Waals surface area contributed by atoms with Crippen molar-refractivity contribution in [1.29, 1.82) is 0 Å². The van der Waals surface area contributed by atoms with E-state index in [0.29, 0.717) is 13.0 Å². The Hall–Kier alpha value is 0.220. The number of ether oxygens (including phenoxy) is 1. The molecule has 0 bridgehead atoms. The molecule has 1 unspecified atom stereocenters. The van der Waals surface area contributed by atoms with E-state index in [1.54, 1.807) is 0 Å². The van der Waals surface area contributed by atoms with Gasteiger partial charge >= 0.3 is 15.2 Å². The number of hydrogen-bond donors (Lipinski definition) is 5. The maximum absolute atomic E-state index is 10.9. The first-order chi connectivity index (χ1) is 7.71.